The molecule has 8 nitrogen and oxygen atoms in total. The number of nitrogens with one attached hydrogen (secondary N) is 2. The molecule has 0 saturated heterocycles. The van der Waals surface area contributed by atoms with Gasteiger partial charge in [-0.05, 0) is 55.8 Å². The third-order valence-corrected chi connectivity index (χ3v) is 5.50. The Morgan fingerprint density at radius 1 is 0.839 bits per heavy atom. The fraction of sp³-hybridized carbons (Fsp3) is 0.0909. The van der Waals surface area contributed by atoms with Crippen LogP contribution in [0.1, 0.15) is 21.5 Å². The van der Waals surface area contributed by atoms with Crippen molar-refractivity contribution in [2.75, 3.05) is 10.6 Å². The van der Waals surface area contributed by atoms with E-state index in [0.717, 1.165) is 23.3 Å². The van der Waals surface area contributed by atoms with Gasteiger partial charge in [0, 0.05) is 17.4 Å². The maximum Gasteiger partial charge on any atom is 0.339 e. The van der Waals surface area contributed by atoms with Crippen molar-refractivity contribution in [1.82, 2.24) is 0 Å². The molecule has 0 aliphatic rings. The zero-order valence-corrected chi connectivity index (χ0v) is 17.6. The molecule has 9 heteroatoms. The number of hydrogen-bond acceptors (Lipinski definition) is 5. The van der Waals surface area contributed by atoms with Crippen LogP contribution in [-0.2, 0) is 10.1 Å². The van der Waals surface area contributed by atoms with Crippen LogP contribution >= 0.6 is 0 Å². The molecule has 0 fully saturated rings. The molecule has 0 aromatic heterocycles. The minimum atomic E-state index is -4.28. The van der Waals surface area contributed by atoms with Crippen LogP contribution in [0.5, 0.6) is 5.75 Å². The summed E-state index contributed by atoms with van der Waals surface area (Å²) in [6.45, 7) is 3.68. The average Bonchev–Trinajstić information content (AvgIpc) is 2.68. The van der Waals surface area contributed by atoms with Crippen LogP contribution in [0.25, 0.3) is 0 Å². The second-order valence-electron chi connectivity index (χ2n) is 6.82. The lowest BCUT2D eigenvalue weighted by Crippen LogP contribution is -2.20. The Morgan fingerprint density at radius 3 is 2.10 bits per heavy atom. The molecule has 0 radical (unpaired) electrons. The van der Waals surface area contributed by atoms with Crippen LogP contribution in [-0.4, -0.2) is 25.5 Å². The molecule has 3 rings (SSSR count). The first-order chi connectivity index (χ1) is 14.6. The third-order valence-electron chi connectivity index (χ3n) is 4.25. The number of aromatic carboxylic acids is 1. The highest BCUT2D eigenvalue weighted by Crippen LogP contribution is 2.27. The number of carbonyl (C=O) groups is 2. The molecular weight excluding hydrogens is 420 g/mol. The summed E-state index contributed by atoms with van der Waals surface area (Å²) >= 11 is 0. The summed E-state index contributed by atoms with van der Waals surface area (Å²) in [6, 6.07) is 16.1. The van der Waals surface area contributed by atoms with Crippen molar-refractivity contribution in [2.24, 2.45) is 0 Å². The van der Waals surface area contributed by atoms with E-state index in [-0.39, 0.29) is 16.1 Å². The van der Waals surface area contributed by atoms with Crippen LogP contribution in [0.4, 0.5) is 16.2 Å². The molecule has 3 aromatic carbocycles. The quantitative estimate of drug-likeness (QED) is 0.488. The Morgan fingerprint density at radius 2 is 1.48 bits per heavy atom. The van der Waals surface area contributed by atoms with Gasteiger partial charge in [0.25, 0.3) is 0 Å². The minimum Gasteiger partial charge on any atom is -0.478 e. The highest BCUT2D eigenvalue weighted by molar-refractivity contribution is 7.87. The molecule has 31 heavy (non-hydrogen) atoms. The maximum absolute atomic E-state index is 12.6. The highest BCUT2D eigenvalue weighted by Gasteiger charge is 2.22. The van der Waals surface area contributed by atoms with Gasteiger partial charge in [-0.25, -0.2) is 9.59 Å². The predicted molar refractivity (Wildman–Crippen MR) is 116 cm³/mol. The van der Waals surface area contributed by atoms with Gasteiger partial charge in [0.2, 0.25) is 0 Å². The van der Waals surface area contributed by atoms with E-state index >= 15 is 0 Å². The van der Waals surface area contributed by atoms with E-state index in [1.165, 1.54) is 18.2 Å². The van der Waals surface area contributed by atoms with Crippen molar-refractivity contribution in [3.8, 4) is 5.75 Å². The first kappa shape index (κ1) is 21.8. The summed E-state index contributed by atoms with van der Waals surface area (Å²) in [4.78, 5) is 23.7. The number of hydrogen-bond donors (Lipinski definition) is 3. The first-order valence-electron chi connectivity index (χ1n) is 9.17. The second-order valence-corrected chi connectivity index (χ2v) is 8.36. The number of amides is 2. The molecule has 3 aromatic rings. The number of anilines is 2. The summed E-state index contributed by atoms with van der Waals surface area (Å²) in [7, 11) is -4.28. The van der Waals surface area contributed by atoms with E-state index < -0.39 is 27.9 Å². The van der Waals surface area contributed by atoms with Gasteiger partial charge < -0.3 is 19.9 Å². The van der Waals surface area contributed by atoms with Crippen LogP contribution in [0, 0.1) is 13.8 Å². The molecule has 160 valence electrons. The van der Waals surface area contributed by atoms with Gasteiger partial charge in [0.15, 0.2) is 5.75 Å². The highest BCUT2D eigenvalue weighted by atomic mass is 32.2. The topological polar surface area (TPSA) is 122 Å². The first-order valence-corrected chi connectivity index (χ1v) is 10.6. The van der Waals surface area contributed by atoms with E-state index in [0.29, 0.717) is 5.69 Å². The molecule has 0 saturated carbocycles. The van der Waals surface area contributed by atoms with Gasteiger partial charge in [-0.2, -0.15) is 8.42 Å². The molecule has 0 atom stereocenters. The van der Waals surface area contributed by atoms with Crippen LogP contribution in [0.2, 0.25) is 0 Å². The fourth-order valence-electron chi connectivity index (χ4n) is 2.73. The van der Waals surface area contributed by atoms with Gasteiger partial charge in [0.1, 0.15) is 10.5 Å². The summed E-state index contributed by atoms with van der Waals surface area (Å²) in [6.07, 6.45) is 0. The lowest BCUT2D eigenvalue weighted by molar-refractivity contribution is 0.0695. The van der Waals surface area contributed by atoms with Gasteiger partial charge in [-0.1, -0.05) is 29.8 Å². The number of urea groups is 1. The standard InChI is InChI=1S/C22H20N2O6S/c1-14-6-9-18(10-7-14)31(28,29)30-20-13-17(8-11-19(20)21(25)26)24-22(27)23-16-5-3-4-15(2)12-16/h3-13H,1-2H3,(H,25,26)(H2,23,24,27). The van der Waals surface area contributed by atoms with Crippen molar-refractivity contribution in [3.63, 3.8) is 0 Å². The molecule has 0 spiro atoms. The van der Waals surface area contributed by atoms with Gasteiger partial charge >= 0.3 is 22.1 Å². The number of aryl methyl sites for hydroxylation is 2. The summed E-state index contributed by atoms with van der Waals surface area (Å²) < 4.78 is 30.3. The Bertz CT molecular complexity index is 1240. The lowest BCUT2D eigenvalue weighted by atomic mass is 10.2. The van der Waals surface area contributed by atoms with Gasteiger partial charge in [0.05, 0.1) is 0 Å². The van der Waals surface area contributed by atoms with E-state index in [1.54, 1.807) is 37.3 Å². The Kier molecular flexibility index (Phi) is 6.26. The van der Waals surface area contributed by atoms with E-state index in [4.69, 9.17) is 4.18 Å². The molecular formula is C22H20N2O6S. The van der Waals surface area contributed by atoms with Gasteiger partial charge in [-0.15, -0.1) is 0 Å². The molecule has 0 heterocycles. The Balaban J connectivity index is 1.84. The number of carbonyl (C=O) groups excluding carboxylic acids is 1. The molecule has 3 N–H and O–H groups in total. The zero-order valence-electron chi connectivity index (χ0n) is 16.7. The molecule has 0 bridgehead atoms. The number of rotatable bonds is 6. The Labute approximate surface area is 179 Å². The number of carboxylic acid groups (broad SMARTS) is 1. The third kappa shape index (κ3) is 5.61. The van der Waals surface area contributed by atoms with E-state index in [1.807, 2.05) is 13.0 Å². The predicted octanol–water partition coefficient (Wildman–Crippen LogP) is 4.41. The van der Waals surface area contributed by atoms with E-state index in [9.17, 15) is 23.1 Å². The summed E-state index contributed by atoms with van der Waals surface area (Å²) in [5, 5.41) is 14.6. The largest absolute Gasteiger partial charge is 0.478 e. The fourth-order valence-corrected chi connectivity index (χ4v) is 3.67. The second kappa shape index (κ2) is 8.88. The zero-order chi connectivity index (χ0) is 22.6. The van der Waals surface area contributed by atoms with Crippen LogP contribution < -0.4 is 14.8 Å². The van der Waals surface area contributed by atoms with Crippen LogP contribution in [0.15, 0.2) is 71.6 Å². The minimum absolute atomic E-state index is 0.120. The van der Waals surface area contributed by atoms with Crippen molar-refractivity contribution in [3.05, 3.63) is 83.4 Å². The van der Waals surface area contributed by atoms with Crippen LogP contribution in [0.3, 0.4) is 0 Å². The lowest BCUT2D eigenvalue weighted by Gasteiger charge is -2.13. The summed E-state index contributed by atoms with van der Waals surface area (Å²) in [5.41, 5.74) is 2.18. The molecule has 0 aliphatic heterocycles. The summed E-state index contributed by atoms with van der Waals surface area (Å²) in [5.74, 6) is -1.79. The van der Waals surface area contributed by atoms with E-state index in [2.05, 4.69) is 10.6 Å². The van der Waals surface area contributed by atoms with Crippen molar-refractivity contribution < 1.29 is 27.3 Å². The average molecular weight is 440 g/mol. The monoisotopic (exact) mass is 440 g/mol. The van der Waals surface area contributed by atoms with Gasteiger partial charge in [-0.3, -0.25) is 0 Å². The van der Waals surface area contributed by atoms with Crippen molar-refractivity contribution in [1.29, 1.82) is 0 Å². The molecule has 2 amide bonds. The van der Waals surface area contributed by atoms with Crippen molar-refractivity contribution >= 4 is 33.5 Å². The smallest absolute Gasteiger partial charge is 0.339 e. The number of benzene rings is 3. The normalized spacial score (nSPS) is 10.9. The maximum atomic E-state index is 12.6. The SMILES string of the molecule is Cc1ccc(S(=O)(=O)Oc2cc(NC(=O)Nc3cccc(C)c3)ccc2C(=O)O)cc1. The Hall–Kier alpha value is -3.85. The van der Waals surface area contributed by atoms with Crippen molar-refractivity contribution in [2.45, 2.75) is 18.7 Å². The number of carboxylic acids is 1. The molecule has 0 aliphatic carbocycles. The molecule has 0 unspecified atom stereocenters.